The van der Waals surface area contributed by atoms with Gasteiger partial charge in [-0.15, -0.1) is 0 Å². The number of hydrogen-bond donors (Lipinski definition) is 0. The molecule has 2 bridgehead atoms. The number of hydrogen-bond acceptors (Lipinski definition) is 0. The van der Waals surface area contributed by atoms with Crippen molar-refractivity contribution < 1.29 is 0 Å². The molecule has 0 saturated heterocycles. The van der Waals surface area contributed by atoms with Crippen molar-refractivity contribution in [3.05, 3.63) is 23.8 Å². The summed E-state index contributed by atoms with van der Waals surface area (Å²) in [5.74, 6) is 0.919. The molecule has 0 aliphatic heterocycles. The lowest BCUT2D eigenvalue weighted by Crippen LogP contribution is -2.34. The highest BCUT2D eigenvalue weighted by Gasteiger charge is 2.53. The largest absolute Gasteiger partial charge is 0.0793 e. The van der Waals surface area contributed by atoms with E-state index in [0.717, 1.165) is 5.92 Å². The molecule has 1 saturated carbocycles. The molecule has 8 heavy (non-hydrogen) atoms. The third-order valence-corrected chi connectivity index (χ3v) is 2.88. The first-order chi connectivity index (χ1) is 3.91. The zero-order chi connectivity index (χ0) is 5.19. The van der Waals surface area contributed by atoms with Crippen molar-refractivity contribution >= 4 is 0 Å². The van der Waals surface area contributed by atoms with Gasteiger partial charge in [0.1, 0.15) is 0 Å². The van der Waals surface area contributed by atoms with Gasteiger partial charge in [-0.25, -0.2) is 0 Å². The quantitative estimate of drug-likeness (QED) is 0.412. The molecule has 4 rings (SSSR count). The van der Waals surface area contributed by atoms with E-state index in [9.17, 15) is 0 Å². The van der Waals surface area contributed by atoms with Crippen molar-refractivity contribution in [2.75, 3.05) is 0 Å². The van der Waals surface area contributed by atoms with Crippen LogP contribution in [0.4, 0.5) is 0 Å². The molecule has 0 aromatic heterocycles. The van der Waals surface area contributed by atoms with Gasteiger partial charge in [0.05, 0.1) is 0 Å². The maximum absolute atomic E-state index is 2.46. The molecule has 2 atom stereocenters. The van der Waals surface area contributed by atoms with Crippen LogP contribution >= 0.6 is 0 Å². The summed E-state index contributed by atoms with van der Waals surface area (Å²) in [7, 11) is 0. The molecule has 0 radical (unpaired) electrons. The minimum absolute atomic E-state index is 0.634. The summed E-state index contributed by atoms with van der Waals surface area (Å²) in [4.78, 5) is 0. The zero-order valence-corrected chi connectivity index (χ0v) is 4.72. The molecule has 0 heteroatoms. The lowest BCUT2D eigenvalue weighted by Gasteiger charge is -2.43. The second-order valence-corrected chi connectivity index (χ2v) is 3.17. The molecule has 4 aliphatic carbocycles. The zero-order valence-electron chi connectivity index (χ0n) is 4.72. The first-order valence-corrected chi connectivity index (χ1v) is 3.32. The van der Waals surface area contributed by atoms with E-state index in [1.54, 1.807) is 5.57 Å². The van der Waals surface area contributed by atoms with E-state index in [1.807, 2.05) is 0 Å². The van der Waals surface area contributed by atoms with Crippen molar-refractivity contribution in [1.82, 2.24) is 0 Å². The number of fused-ring (bicyclic) bond motifs is 1. The lowest BCUT2D eigenvalue weighted by atomic mass is 9.61. The van der Waals surface area contributed by atoms with Crippen molar-refractivity contribution in [2.24, 2.45) is 11.3 Å². The first-order valence-electron chi connectivity index (χ1n) is 3.32. The van der Waals surface area contributed by atoms with Crippen LogP contribution in [0.5, 0.6) is 0 Å². The minimum Gasteiger partial charge on any atom is -0.0793 e. The fraction of sp³-hybridized carbons (Fsp3) is 0.500. The Bertz CT molecular complexity index is 210. The Morgan fingerprint density at radius 2 is 2.62 bits per heavy atom. The minimum atomic E-state index is 0.634. The fourth-order valence-corrected chi connectivity index (χ4v) is 2.28. The van der Waals surface area contributed by atoms with Gasteiger partial charge in [0.2, 0.25) is 0 Å². The molecule has 0 aromatic carbocycles. The van der Waals surface area contributed by atoms with Gasteiger partial charge < -0.3 is 0 Å². The van der Waals surface area contributed by atoms with Gasteiger partial charge in [-0.2, -0.15) is 0 Å². The van der Waals surface area contributed by atoms with Gasteiger partial charge in [0.25, 0.3) is 0 Å². The second-order valence-electron chi connectivity index (χ2n) is 3.17. The predicted octanol–water partition coefficient (Wildman–Crippen LogP) is 1.89. The Kier molecular flexibility index (Phi) is 0.313. The van der Waals surface area contributed by atoms with E-state index < -0.39 is 0 Å². The van der Waals surface area contributed by atoms with Gasteiger partial charge in [0.15, 0.2) is 0 Å². The van der Waals surface area contributed by atoms with Crippen molar-refractivity contribution in [3.63, 3.8) is 0 Å². The van der Waals surface area contributed by atoms with Crippen LogP contribution in [0.1, 0.15) is 12.8 Å². The topological polar surface area (TPSA) is 0 Å². The third-order valence-electron chi connectivity index (χ3n) is 2.88. The number of allylic oxidation sites excluding steroid dienone is 4. The number of rotatable bonds is 0. The second kappa shape index (κ2) is 0.717. The van der Waals surface area contributed by atoms with Crippen LogP contribution in [0.2, 0.25) is 0 Å². The van der Waals surface area contributed by atoms with Crippen LogP contribution in [-0.2, 0) is 0 Å². The Hall–Kier alpha value is -0.520. The van der Waals surface area contributed by atoms with Crippen molar-refractivity contribution in [2.45, 2.75) is 12.8 Å². The highest BCUT2D eigenvalue weighted by Crippen LogP contribution is 2.64. The molecule has 1 fully saturated rings. The van der Waals surface area contributed by atoms with Crippen LogP contribution in [0.3, 0.4) is 0 Å². The standard InChI is InChI=1S/C8H8/c1-3-8-4-2-7(8)6(1)5-8/h2,4-5,7H,1,3H2/t7-,8?/m0/s1. The van der Waals surface area contributed by atoms with E-state index in [-0.39, 0.29) is 0 Å². The molecule has 0 aromatic rings. The first kappa shape index (κ1) is 3.49. The molecular formula is C8H8. The SMILES string of the molecule is C1=CC23C=C(CC2)[C@H]13. The molecule has 1 unspecified atom stereocenters. The monoisotopic (exact) mass is 104 g/mol. The Labute approximate surface area is 48.9 Å². The molecule has 4 aliphatic rings. The maximum atomic E-state index is 2.46. The third kappa shape index (κ3) is 0.157. The van der Waals surface area contributed by atoms with Gasteiger partial charge in [-0.1, -0.05) is 23.8 Å². The summed E-state index contributed by atoms with van der Waals surface area (Å²) in [6, 6.07) is 0. The van der Waals surface area contributed by atoms with Gasteiger partial charge in [-0.3, -0.25) is 0 Å². The summed E-state index contributed by atoms with van der Waals surface area (Å²) in [5, 5.41) is 0. The van der Waals surface area contributed by atoms with Crippen molar-refractivity contribution in [1.29, 1.82) is 0 Å². The summed E-state index contributed by atoms with van der Waals surface area (Å²) in [6.45, 7) is 0. The highest BCUT2D eigenvalue weighted by molar-refractivity contribution is 5.49. The van der Waals surface area contributed by atoms with Crippen LogP contribution in [0.15, 0.2) is 23.8 Å². The normalized spacial score (nSPS) is 54.0. The summed E-state index contributed by atoms with van der Waals surface area (Å²) >= 11 is 0. The van der Waals surface area contributed by atoms with Crippen LogP contribution in [-0.4, -0.2) is 0 Å². The average Bonchev–Trinajstić information content (AvgIpc) is 2.19. The van der Waals surface area contributed by atoms with Crippen molar-refractivity contribution in [3.8, 4) is 0 Å². The Balaban J connectivity index is 2.28. The Morgan fingerprint density at radius 3 is 2.88 bits per heavy atom. The van der Waals surface area contributed by atoms with E-state index in [0.29, 0.717) is 5.41 Å². The van der Waals surface area contributed by atoms with E-state index >= 15 is 0 Å². The highest BCUT2D eigenvalue weighted by atomic mass is 14.6. The maximum Gasteiger partial charge on any atom is 0.0167 e. The summed E-state index contributed by atoms with van der Waals surface area (Å²) in [5.41, 5.74) is 2.35. The van der Waals surface area contributed by atoms with Crippen LogP contribution < -0.4 is 0 Å². The van der Waals surface area contributed by atoms with Gasteiger partial charge in [-0.05, 0) is 12.8 Å². The predicted molar refractivity (Wildman–Crippen MR) is 32.4 cm³/mol. The molecule has 40 valence electrons. The molecule has 0 heterocycles. The fourth-order valence-electron chi connectivity index (χ4n) is 2.28. The van der Waals surface area contributed by atoms with E-state index in [1.165, 1.54) is 12.8 Å². The van der Waals surface area contributed by atoms with Crippen LogP contribution in [0, 0.1) is 11.3 Å². The summed E-state index contributed by atoms with van der Waals surface area (Å²) in [6.07, 6.45) is 9.98. The van der Waals surface area contributed by atoms with Gasteiger partial charge in [0, 0.05) is 11.3 Å². The van der Waals surface area contributed by atoms with E-state index in [2.05, 4.69) is 18.2 Å². The molecular weight excluding hydrogens is 96.1 g/mol. The molecule has 0 N–H and O–H groups in total. The van der Waals surface area contributed by atoms with Gasteiger partial charge >= 0.3 is 0 Å². The van der Waals surface area contributed by atoms with Crippen LogP contribution in [0.25, 0.3) is 0 Å². The summed E-state index contributed by atoms with van der Waals surface area (Å²) < 4.78 is 0. The molecule has 0 amide bonds. The lowest BCUT2D eigenvalue weighted by molar-refractivity contribution is 0.356. The molecule has 1 spiro atoms. The smallest absolute Gasteiger partial charge is 0.0167 e. The van der Waals surface area contributed by atoms with E-state index in [4.69, 9.17) is 0 Å². The average molecular weight is 104 g/mol. The Morgan fingerprint density at radius 1 is 1.62 bits per heavy atom. The molecule has 0 nitrogen and oxygen atoms in total.